The molecule has 0 bridgehead atoms. The molecule has 0 spiro atoms. The first-order chi connectivity index (χ1) is 10.5. The van der Waals surface area contributed by atoms with Crippen molar-refractivity contribution in [3.05, 3.63) is 59.4 Å². The van der Waals surface area contributed by atoms with E-state index < -0.39 is 0 Å². The van der Waals surface area contributed by atoms with Crippen LogP contribution in [0, 0.1) is 13.8 Å². The maximum Gasteiger partial charge on any atom is 0.296 e. The molecule has 0 fully saturated rings. The van der Waals surface area contributed by atoms with E-state index in [1.807, 2.05) is 0 Å². The Hall–Kier alpha value is -2.22. The second-order valence-corrected chi connectivity index (χ2v) is 6.28. The second kappa shape index (κ2) is 5.53. The van der Waals surface area contributed by atoms with Gasteiger partial charge in [0.05, 0.1) is 12.4 Å². The number of aryl methyl sites for hydroxylation is 2. The summed E-state index contributed by atoms with van der Waals surface area (Å²) in [6.07, 6.45) is 0. The van der Waals surface area contributed by atoms with Crippen LogP contribution in [0.1, 0.15) is 36.7 Å². The maximum absolute atomic E-state index is 4.88. The Morgan fingerprint density at radius 2 is 1.68 bits per heavy atom. The highest BCUT2D eigenvalue weighted by Gasteiger charge is 2.22. The Bertz CT molecular complexity index is 848. The van der Waals surface area contributed by atoms with Crippen LogP contribution in [0.4, 0.5) is 0 Å². The van der Waals surface area contributed by atoms with Gasteiger partial charge in [0.15, 0.2) is 5.52 Å². The summed E-state index contributed by atoms with van der Waals surface area (Å²) >= 11 is 0. The molecule has 0 unspecified atom stereocenters. The fourth-order valence-electron chi connectivity index (χ4n) is 3.09. The van der Waals surface area contributed by atoms with Gasteiger partial charge in [0.1, 0.15) is 5.69 Å². The highest BCUT2D eigenvalue weighted by Crippen LogP contribution is 2.31. The van der Waals surface area contributed by atoms with E-state index in [1.165, 1.54) is 27.8 Å². The normalized spacial score (nSPS) is 11.4. The van der Waals surface area contributed by atoms with Gasteiger partial charge < -0.3 is 0 Å². The van der Waals surface area contributed by atoms with Crippen LogP contribution in [0.25, 0.3) is 22.2 Å². The van der Waals surface area contributed by atoms with Crippen molar-refractivity contribution in [3.63, 3.8) is 0 Å². The minimum atomic E-state index is 0.466. The van der Waals surface area contributed by atoms with Crippen molar-refractivity contribution < 1.29 is 4.57 Å². The van der Waals surface area contributed by atoms with Gasteiger partial charge in [0.2, 0.25) is 0 Å². The van der Waals surface area contributed by atoms with Crippen molar-refractivity contribution in [2.45, 2.75) is 33.6 Å². The molecule has 0 aliphatic rings. The molecule has 0 N–H and O–H groups in total. The van der Waals surface area contributed by atoms with Crippen molar-refractivity contribution in [2.75, 3.05) is 0 Å². The predicted octanol–water partition coefficient (Wildman–Crippen LogP) is 4.47. The first-order valence-corrected chi connectivity index (χ1v) is 7.86. The fourth-order valence-corrected chi connectivity index (χ4v) is 3.09. The fraction of sp³-hybridized carbons (Fsp3) is 0.300. The lowest BCUT2D eigenvalue weighted by atomic mass is 9.96. The van der Waals surface area contributed by atoms with Gasteiger partial charge in [-0.1, -0.05) is 50.2 Å². The maximum atomic E-state index is 4.88. The summed E-state index contributed by atoms with van der Waals surface area (Å²) in [5.74, 6) is 1.51. The van der Waals surface area contributed by atoms with E-state index in [0.29, 0.717) is 5.92 Å². The minimum absolute atomic E-state index is 0.466. The SMILES string of the molecule is Cc1ccccc1-c1c2cccc(C(C)C)c2nc(C)[n+]1C. The Morgan fingerprint density at radius 3 is 2.36 bits per heavy atom. The molecule has 2 aromatic carbocycles. The van der Waals surface area contributed by atoms with Gasteiger partial charge >= 0.3 is 0 Å². The monoisotopic (exact) mass is 291 g/mol. The molecule has 3 rings (SSSR count). The highest BCUT2D eigenvalue weighted by molar-refractivity contribution is 5.93. The minimum Gasteiger partial charge on any atom is -0.230 e. The molecule has 0 amide bonds. The van der Waals surface area contributed by atoms with Gasteiger partial charge in [0, 0.05) is 18.1 Å². The lowest BCUT2D eigenvalue weighted by Gasteiger charge is -2.13. The van der Waals surface area contributed by atoms with Gasteiger partial charge in [-0.3, -0.25) is 0 Å². The topological polar surface area (TPSA) is 16.8 Å². The standard InChI is InChI=1S/C20H23N2/c1-13(2)16-11-8-12-18-19(16)21-15(4)22(5)20(18)17-10-7-6-9-14(17)3/h6-13H,1-5H3/q+1. The molecule has 2 nitrogen and oxygen atoms in total. The molecule has 1 heterocycles. The summed E-state index contributed by atoms with van der Waals surface area (Å²) < 4.78 is 2.20. The molecular weight excluding hydrogens is 268 g/mol. The Balaban J connectivity index is 2.47. The van der Waals surface area contributed by atoms with Gasteiger partial charge in [-0.25, -0.2) is 4.57 Å². The molecule has 0 radical (unpaired) electrons. The number of para-hydroxylation sites is 1. The van der Waals surface area contributed by atoms with Crippen LogP contribution in [0.15, 0.2) is 42.5 Å². The molecule has 2 heteroatoms. The van der Waals surface area contributed by atoms with Crippen LogP contribution in [-0.2, 0) is 7.05 Å². The van der Waals surface area contributed by atoms with Gasteiger partial charge in [-0.2, -0.15) is 0 Å². The van der Waals surface area contributed by atoms with Crippen LogP contribution >= 0.6 is 0 Å². The lowest BCUT2D eigenvalue weighted by molar-refractivity contribution is -0.668. The van der Waals surface area contributed by atoms with E-state index in [-0.39, 0.29) is 0 Å². The van der Waals surface area contributed by atoms with E-state index in [2.05, 4.69) is 81.8 Å². The summed E-state index contributed by atoms with van der Waals surface area (Å²) in [5.41, 5.74) is 6.27. The van der Waals surface area contributed by atoms with Crippen LogP contribution in [0.5, 0.6) is 0 Å². The third kappa shape index (κ3) is 2.29. The van der Waals surface area contributed by atoms with E-state index >= 15 is 0 Å². The van der Waals surface area contributed by atoms with Crippen molar-refractivity contribution in [1.82, 2.24) is 4.98 Å². The average molecular weight is 291 g/mol. The van der Waals surface area contributed by atoms with E-state index in [4.69, 9.17) is 4.98 Å². The van der Waals surface area contributed by atoms with Gasteiger partial charge in [-0.15, -0.1) is 0 Å². The number of aromatic nitrogens is 2. The Labute approximate surface area is 132 Å². The largest absolute Gasteiger partial charge is 0.296 e. The van der Waals surface area contributed by atoms with Crippen LogP contribution in [0.3, 0.4) is 0 Å². The molecular formula is C20H23N2+. The quantitative estimate of drug-likeness (QED) is 0.637. The van der Waals surface area contributed by atoms with Gasteiger partial charge in [0.25, 0.3) is 5.82 Å². The summed E-state index contributed by atoms with van der Waals surface area (Å²) in [4.78, 5) is 4.88. The molecule has 0 saturated heterocycles. The zero-order valence-electron chi connectivity index (χ0n) is 14.0. The smallest absolute Gasteiger partial charge is 0.230 e. The predicted molar refractivity (Wildman–Crippen MR) is 91.9 cm³/mol. The summed E-state index contributed by atoms with van der Waals surface area (Å²) in [6, 6.07) is 15.1. The van der Waals surface area contributed by atoms with E-state index in [1.54, 1.807) is 0 Å². The molecule has 1 aromatic heterocycles. The molecule has 112 valence electrons. The number of rotatable bonds is 2. The number of fused-ring (bicyclic) bond motifs is 1. The molecule has 0 atom stereocenters. The summed E-state index contributed by atoms with van der Waals surface area (Å²) in [6.45, 7) is 8.71. The third-order valence-electron chi connectivity index (χ3n) is 4.44. The van der Waals surface area contributed by atoms with Crippen molar-refractivity contribution in [3.8, 4) is 11.3 Å². The summed E-state index contributed by atoms with van der Waals surface area (Å²) in [7, 11) is 2.10. The average Bonchev–Trinajstić information content (AvgIpc) is 2.49. The van der Waals surface area contributed by atoms with E-state index in [0.717, 1.165) is 11.3 Å². The third-order valence-corrected chi connectivity index (χ3v) is 4.44. The van der Waals surface area contributed by atoms with Crippen LogP contribution < -0.4 is 4.57 Å². The first kappa shape index (κ1) is 14.7. The summed E-state index contributed by atoms with van der Waals surface area (Å²) in [5, 5.41) is 1.23. The van der Waals surface area contributed by atoms with Crippen molar-refractivity contribution in [1.29, 1.82) is 0 Å². The van der Waals surface area contributed by atoms with Crippen LogP contribution in [0.2, 0.25) is 0 Å². The van der Waals surface area contributed by atoms with Crippen LogP contribution in [-0.4, -0.2) is 4.98 Å². The number of benzene rings is 2. The zero-order chi connectivity index (χ0) is 15.9. The Kier molecular flexibility index (Phi) is 3.69. The lowest BCUT2D eigenvalue weighted by Crippen LogP contribution is -2.36. The molecule has 0 aliphatic carbocycles. The van der Waals surface area contributed by atoms with Gasteiger partial charge in [-0.05, 0) is 29.5 Å². The second-order valence-electron chi connectivity index (χ2n) is 6.28. The zero-order valence-corrected chi connectivity index (χ0v) is 14.0. The number of hydrogen-bond acceptors (Lipinski definition) is 1. The van der Waals surface area contributed by atoms with Crippen molar-refractivity contribution in [2.24, 2.45) is 7.05 Å². The van der Waals surface area contributed by atoms with Crippen molar-refractivity contribution >= 4 is 10.9 Å². The van der Waals surface area contributed by atoms with E-state index in [9.17, 15) is 0 Å². The highest BCUT2D eigenvalue weighted by atomic mass is 15.0. The molecule has 22 heavy (non-hydrogen) atoms. The molecule has 0 saturated carbocycles. The Morgan fingerprint density at radius 1 is 0.955 bits per heavy atom. The first-order valence-electron chi connectivity index (χ1n) is 7.86. The number of hydrogen-bond donors (Lipinski definition) is 0. The molecule has 3 aromatic rings. The molecule has 0 aliphatic heterocycles. The number of nitrogens with zero attached hydrogens (tertiary/aromatic N) is 2.